The van der Waals surface area contributed by atoms with Gasteiger partial charge in [0.05, 0.1) is 4.90 Å². The summed E-state index contributed by atoms with van der Waals surface area (Å²) in [6, 6.07) is 9.89. The molecule has 0 saturated heterocycles. The summed E-state index contributed by atoms with van der Waals surface area (Å²) in [4.78, 5) is 0.576. The highest BCUT2D eigenvalue weighted by atomic mass is 32.2. The van der Waals surface area contributed by atoms with Crippen LogP contribution in [0.3, 0.4) is 0 Å². The summed E-state index contributed by atoms with van der Waals surface area (Å²) in [6.45, 7) is 0. The van der Waals surface area contributed by atoms with Crippen molar-refractivity contribution in [2.24, 2.45) is 0 Å². The Labute approximate surface area is 90.2 Å². The van der Waals surface area contributed by atoms with Crippen molar-refractivity contribution >= 4 is 21.9 Å². The van der Waals surface area contributed by atoms with Gasteiger partial charge >= 0.3 is 0 Å². The molecular formula is C12H10O2S. The highest BCUT2D eigenvalue weighted by molar-refractivity contribution is 7.79. The lowest BCUT2D eigenvalue weighted by Crippen LogP contribution is -1.94. The second-order valence-electron chi connectivity index (χ2n) is 3.81. The smallest absolute Gasteiger partial charge is 0.186 e. The maximum Gasteiger partial charge on any atom is 0.186 e. The van der Waals surface area contributed by atoms with Crippen molar-refractivity contribution in [1.82, 2.24) is 0 Å². The van der Waals surface area contributed by atoms with Crippen LogP contribution in [0.5, 0.6) is 0 Å². The molecule has 2 aromatic rings. The lowest BCUT2D eigenvalue weighted by atomic mass is 10.1. The van der Waals surface area contributed by atoms with Gasteiger partial charge in [0.15, 0.2) is 11.1 Å². The van der Waals surface area contributed by atoms with Crippen molar-refractivity contribution in [3.8, 4) is 0 Å². The lowest BCUT2D eigenvalue weighted by molar-refractivity contribution is 0.563. The third-order valence-corrected chi connectivity index (χ3v) is 3.79. The van der Waals surface area contributed by atoms with Crippen LogP contribution in [0.25, 0.3) is 10.8 Å². The van der Waals surface area contributed by atoms with Crippen LogP contribution in [0.15, 0.2) is 35.2 Å². The van der Waals surface area contributed by atoms with Crippen LogP contribution in [0.1, 0.15) is 11.1 Å². The van der Waals surface area contributed by atoms with Crippen molar-refractivity contribution in [2.45, 2.75) is 17.7 Å². The van der Waals surface area contributed by atoms with E-state index < -0.39 is 11.1 Å². The molecule has 0 radical (unpaired) electrons. The Morgan fingerprint density at radius 1 is 1.13 bits per heavy atom. The molecule has 1 aliphatic rings. The number of hydrogen-bond donors (Lipinski definition) is 1. The maximum absolute atomic E-state index is 11.2. The molecule has 0 fully saturated rings. The van der Waals surface area contributed by atoms with Gasteiger partial charge < -0.3 is 4.55 Å². The Kier molecular flexibility index (Phi) is 1.90. The van der Waals surface area contributed by atoms with E-state index >= 15 is 0 Å². The van der Waals surface area contributed by atoms with E-state index in [9.17, 15) is 8.76 Å². The minimum Gasteiger partial charge on any atom is -0.302 e. The van der Waals surface area contributed by atoms with E-state index in [0.29, 0.717) is 4.90 Å². The van der Waals surface area contributed by atoms with Gasteiger partial charge in [-0.3, -0.25) is 0 Å². The monoisotopic (exact) mass is 218 g/mol. The normalized spacial score (nSPS) is 15.8. The van der Waals surface area contributed by atoms with Gasteiger partial charge in [0, 0.05) is 0 Å². The minimum absolute atomic E-state index is 0.576. The first-order valence-corrected chi connectivity index (χ1v) is 6.02. The van der Waals surface area contributed by atoms with Crippen molar-refractivity contribution in [2.75, 3.05) is 0 Å². The van der Waals surface area contributed by atoms with E-state index in [1.807, 2.05) is 12.1 Å². The number of aryl methyl sites for hydroxylation is 2. The predicted octanol–water partition coefficient (Wildman–Crippen LogP) is 2.52. The summed E-state index contributed by atoms with van der Waals surface area (Å²) in [5.74, 6) is 0. The third-order valence-electron chi connectivity index (χ3n) is 3.03. The molecule has 0 heterocycles. The molecule has 1 aliphatic carbocycles. The van der Waals surface area contributed by atoms with Gasteiger partial charge in [-0.15, -0.1) is 0 Å². The SMILES string of the molecule is O=S(O)c1ccc2cccc3c2c1CC3. The Balaban J connectivity index is 2.45. The van der Waals surface area contributed by atoms with E-state index in [2.05, 4.69) is 12.1 Å². The first kappa shape index (κ1) is 9.07. The largest absolute Gasteiger partial charge is 0.302 e. The molecule has 2 nitrogen and oxygen atoms in total. The highest BCUT2D eigenvalue weighted by Crippen LogP contribution is 2.33. The zero-order chi connectivity index (χ0) is 10.4. The number of rotatable bonds is 1. The molecular weight excluding hydrogens is 208 g/mol. The molecule has 0 bridgehead atoms. The van der Waals surface area contributed by atoms with Crippen molar-refractivity contribution in [3.05, 3.63) is 41.5 Å². The molecule has 0 aliphatic heterocycles. The van der Waals surface area contributed by atoms with Crippen LogP contribution < -0.4 is 0 Å². The summed E-state index contributed by atoms with van der Waals surface area (Å²) >= 11 is -1.86. The Hall–Kier alpha value is -1.19. The minimum atomic E-state index is -1.86. The van der Waals surface area contributed by atoms with Gasteiger partial charge in [-0.1, -0.05) is 24.3 Å². The Morgan fingerprint density at radius 3 is 2.80 bits per heavy atom. The van der Waals surface area contributed by atoms with Gasteiger partial charge in [-0.2, -0.15) is 0 Å². The van der Waals surface area contributed by atoms with E-state index in [4.69, 9.17) is 0 Å². The second-order valence-corrected chi connectivity index (χ2v) is 4.74. The Morgan fingerprint density at radius 2 is 2.00 bits per heavy atom. The van der Waals surface area contributed by atoms with Gasteiger partial charge in [0.1, 0.15) is 0 Å². The van der Waals surface area contributed by atoms with Crippen LogP contribution in [0, 0.1) is 0 Å². The van der Waals surface area contributed by atoms with Crippen LogP contribution >= 0.6 is 0 Å². The van der Waals surface area contributed by atoms with Gasteiger partial charge in [-0.05, 0) is 40.8 Å². The summed E-state index contributed by atoms with van der Waals surface area (Å²) in [5, 5.41) is 2.37. The molecule has 3 rings (SSSR count). The molecule has 0 aromatic heterocycles. The van der Waals surface area contributed by atoms with Crippen LogP contribution in [0.4, 0.5) is 0 Å². The fraction of sp³-hybridized carbons (Fsp3) is 0.167. The van der Waals surface area contributed by atoms with Gasteiger partial charge in [-0.25, -0.2) is 4.21 Å². The average molecular weight is 218 g/mol. The molecule has 1 unspecified atom stereocenters. The van der Waals surface area contributed by atoms with Crippen molar-refractivity contribution in [3.63, 3.8) is 0 Å². The van der Waals surface area contributed by atoms with Crippen LogP contribution in [-0.4, -0.2) is 8.76 Å². The number of benzene rings is 2. The lowest BCUT2D eigenvalue weighted by Gasteiger charge is -2.05. The molecule has 2 aromatic carbocycles. The van der Waals surface area contributed by atoms with E-state index in [1.54, 1.807) is 6.07 Å². The number of hydrogen-bond acceptors (Lipinski definition) is 1. The average Bonchev–Trinajstić information content (AvgIpc) is 2.65. The highest BCUT2D eigenvalue weighted by Gasteiger charge is 2.19. The topological polar surface area (TPSA) is 37.3 Å². The van der Waals surface area contributed by atoms with Gasteiger partial charge in [0.25, 0.3) is 0 Å². The summed E-state index contributed by atoms with van der Waals surface area (Å²) in [6.07, 6.45) is 1.87. The molecule has 1 N–H and O–H groups in total. The van der Waals surface area contributed by atoms with Crippen LogP contribution in [0.2, 0.25) is 0 Å². The van der Waals surface area contributed by atoms with Crippen LogP contribution in [-0.2, 0) is 23.9 Å². The van der Waals surface area contributed by atoms with Crippen molar-refractivity contribution < 1.29 is 8.76 Å². The second kappa shape index (κ2) is 3.15. The predicted molar refractivity (Wildman–Crippen MR) is 60.4 cm³/mol. The summed E-state index contributed by atoms with van der Waals surface area (Å²) in [7, 11) is 0. The van der Waals surface area contributed by atoms with Crippen molar-refractivity contribution in [1.29, 1.82) is 0 Å². The molecule has 76 valence electrons. The molecule has 3 heteroatoms. The third kappa shape index (κ3) is 1.24. The maximum atomic E-state index is 11.2. The first-order valence-electron chi connectivity index (χ1n) is 4.92. The van der Waals surface area contributed by atoms with E-state index in [1.165, 1.54) is 16.3 Å². The molecule has 0 saturated carbocycles. The fourth-order valence-corrected chi connectivity index (χ4v) is 3.00. The molecule has 0 spiro atoms. The summed E-state index contributed by atoms with van der Waals surface area (Å²) in [5.41, 5.74) is 2.36. The quantitative estimate of drug-likeness (QED) is 0.747. The van der Waals surface area contributed by atoms with E-state index in [-0.39, 0.29) is 0 Å². The van der Waals surface area contributed by atoms with Gasteiger partial charge in [0.2, 0.25) is 0 Å². The zero-order valence-corrected chi connectivity index (χ0v) is 8.88. The van der Waals surface area contributed by atoms with E-state index in [0.717, 1.165) is 18.4 Å². The summed E-state index contributed by atoms with van der Waals surface area (Å²) < 4.78 is 20.3. The first-order chi connectivity index (χ1) is 7.27. The zero-order valence-electron chi connectivity index (χ0n) is 8.06. The fourth-order valence-electron chi connectivity index (χ4n) is 2.40. The molecule has 1 atom stereocenters. The molecule has 0 amide bonds. The standard InChI is InChI=1S/C12H10O2S/c13-15(14)11-7-5-9-3-1-2-8-4-6-10(11)12(8)9/h1-3,5,7H,4,6H2,(H,13,14). The Bertz CT molecular complexity index is 575. The molecule has 15 heavy (non-hydrogen) atoms.